The van der Waals surface area contributed by atoms with Gasteiger partial charge in [-0.05, 0) is 17.7 Å². The molecule has 0 aliphatic carbocycles. The van der Waals surface area contributed by atoms with E-state index in [0.29, 0.717) is 10.6 Å². The third kappa shape index (κ3) is 3.30. The van der Waals surface area contributed by atoms with Gasteiger partial charge in [0.25, 0.3) is 0 Å². The van der Waals surface area contributed by atoms with Gasteiger partial charge in [0.05, 0.1) is 12.7 Å². The van der Waals surface area contributed by atoms with Crippen LogP contribution in [0.15, 0.2) is 30.5 Å². The summed E-state index contributed by atoms with van der Waals surface area (Å²) < 4.78 is 39.9. The second-order valence-electron chi connectivity index (χ2n) is 3.93. The van der Waals surface area contributed by atoms with Crippen molar-refractivity contribution in [1.82, 2.24) is 9.78 Å². The first-order valence-electron chi connectivity index (χ1n) is 5.34. The van der Waals surface area contributed by atoms with Crippen LogP contribution in [-0.4, -0.2) is 9.78 Å². The van der Waals surface area contributed by atoms with E-state index in [1.807, 2.05) is 0 Å². The van der Waals surface area contributed by atoms with Gasteiger partial charge in [-0.25, -0.2) is 0 Å². The number of nitrogens with zero attached hydrogens (tertiary/aromatic N) is 2. The number of alkyl halides is 4. The maximum atomic E-state index is 13.0. The minimum absolute atomic E-state index is 0.0546. The third-order valence-corrected chi connectivity index (χ3v) is 3.43. The van der Waals surface area contributed by atoms with Crippen molar-refractivity contribution >= 4 is 27.5 Å². The molecule has 2 aromatic rings. The first-order valence-corrected chi connectivity index (χ1v) is 6.84. The Morgan fingerprint density at radius 1 is 1.21 bits per heavy atom. The van der Waals surface area contributed by atoms with Crippen molar-refractivity contribution in [1.29, 1.82) is 0 Å². The molecule has 7 heteroatoms. The molecule has 0 fully saturated rings. The van der Waals surface area contributed by atoms with Crippen molar-refractivity contribution in [3.05, 3.63) is 52.3 Å². The fraction of sp³-hybridized carbons (Fsp3) is 0.250. The summed E-state index contributed by atoms with van der Waals surface area (Å²) in [4.78, 5) is 0. The Labute approximate surface area is 121 Å². The van der Waals surface area contributed by atoms with Gasteiger partial charge in [-0.2, -0.15) is 18.3 Å². The minimum Gasteiger partial charge on any atom is -0.256 e. The van der Waals surface area contributed by atoms with Crippen molar-refractivity contribution in [3.8, 4) is 0 Å². The van der Waals surface area contributed by atoms with Crippen LogP contribution >= 0.6 is 27.5 Å². The second-order valence-corrected chi connectivity index (χ2v) is 4.93. The maximum absolute atomic E-state index is 13.0. The first kappa shape index (κ1) is 14.4. The standard InChI is InChI=1S/C12H9BrClF3N2/c13-5-9-6-18-19(11(9)12(15,16)17)7-8-1-3-10(14)4-2-8/h1-4,6H,5,7H2. The zero-order valence-corrected chi connectivity index (χ0v) is 11.9. The fourth-order valence-corrected chi connectivity index (χ4v) is 2.27. The van der Waals surface area contributed by atoms with Gasteiger partial charge < -0.3 is 0 Å². The molecule has 0 atom stereocenters. The Balaban J connectivity index is 2.35. The lowest BCUT2D eigenvalue weighted by atomic mass is 10.2. The van der Waals surface area contributed by atoms with Gasteiger partial charge >= 0.3 is 6.18 Å². The number of aromatic nitrogens is 2. The molecule has 0 radical (unpaired) electrons. The number of hydrogen-bond acceptors (Lipinski definition) is 1. The van der Waals surface area contributed by atoms with E-state index in [4.69, 9.17) is 11.6 Å². The fourth-order valence-electron chi connectivity index (χ4n) is 1.73. The lowest BCUT2D eigenvalue weighted by Gasteiger charge is -2.12. The number of hydrogen-bond donors (Lipinski definition) is 0. The highest BCUT2D eigenvalue weighted by atomic mass is 79.9. The van der Waals surface area contributed by atoms with E-state index < -0.39 is 11.9 Å². The largest absolute Gasteiger partial charge is 0.433 e. The lowest BCUT2D eigenvalue weighted by molar-refractivity contribution is -0.144. The monoisotopic (exact) mass is 352 g/mol. The Morgan fingerprint density at radius 2 is 1.84 bits per heavy atom. The molecule has 0 saturated carbocycles. The van der Waals surface area contributed by atoms with Crippen molar-refractivity contribution in [2.45, 2.75) is 18.1 Å². The van der Waals surface area contributed by atoms with Crippen LogP contribution in [-0.2, 0) is 18.1 Å². The number of halogens is 5. The summed E-state index contributed by atoms with van der Waals surface area (Å²) in [5.74, 6) is 0. The minimum atomic E-state index is -4.42. The molecule has 0 bridgehead atoms. The van der Waals surface area contributed by atoms with Crippen molar-refractivity contribution in [2.75, 3.05) is 0 Å². The summed E-state index contributed by atoms with van der Waals surface area (Å²) in [6, 6.07) is 6.63. The third-order valence-electron chi connectivity index (χ3n) is 2.57. The number of rotatable bonds is 3. The van der Waals surface area contributed by atoms with Crippen LogP contribution in [0, 0.1) is 0 Å². The van der Waals surface area contributed by atoms with E-state index in [2.05, 4.69) is 21.0 Å². The van der Waals surface area contributed by atoms with Crippen LogP contribution in [0.3, 0.4) is 0 Å². The van der Waals surface area contributed by atoms with E-state index in [9.17, 15) is 13.2 Å². The van der Waals surface area contributed by atoms with Gasteiger partial charge in [-0.1, -0.05) is 39.7 Å². The topological polar surface area (TPSA) is 17.8 Å². The Bertz CT molecular complexity index is 563. The summed E-state index contributed by atoms with van der Waals surface area (Å²) in [7, 11) is 0. The van der Waals surface area contributed by atoms with Crippen LogP contribution < -0.4 is 0 Å². The molecular weight excluding hydrogens is 344 g/mol. The zero-order valence-electron chi connectivity index (χ0n) is 9.59. The van der Waals surface area contributed by atoms with E-state index in [1.54, 1.807) is 24.3 Å². The normalized spacial score (nSPS) is 11.8. The Hall–Kier alpha value is -1.01. The first-order chi connectivity index (χ1) is 8.91. The van der Waals surface area contributed by atoms with Gasteiger partial charge in [-0.3, -0.25) is 4.68 Å². The van der Waals surface area contributed by atoms with Crippen molar-refractivity contribution < 1.29 is 13.2 Å². The van der Waals surface area contributed by atoms with Gasteiger partial charge in [0.2, 0.25) is 0 Å². The Kier molecular flexibility index (Phi) is 4.20. The molecule has 19 heavy (non-hydrogen) atoms. The maximum Gasteiger partial charge on any atom is 0.433 e. The molecule has 102 valence electrons. The van der Waals surface area contributed by atoms with E-state index in [1.165, 1.54) is 6.20 Å². The molecule has 0 unspecified atom stereocenters. The van der Waals surface area contributed by atoms with Crippen molar-refractivity contribution in [2.24, 2.45) is 0 Å². The van der Waals surface area contributed by atoms with Crippen molar-refractivity contribution in [3.63, 3.8) is 0 Å². The van der Waals surface area contributed by atoms with Gasteiger partial charge in [0.1, 0.15) is 5.69 Å². The predicted octanol–water partition coefficient (Wildman–Crippen LogP) is 4.50. The zero-order chi connectivity index (χ0) is 14.0. The van der Waals surface area contributed by atoms with Gasteiger partial charge in [0, 0.05) is 15.9 Å². The van der Waals surface area contributed by atoms with E-state index in [-0.39, 0.29) is 17.4 Å². The highest BCUT2D eigenvalue weighted by Gasteiger charge is 2.37. The van der Waals surface area contributed by atoms with Crippen LogP contribution in [0.1, 0.15) is 16.8 Å². The summed E-state index contributed by atoms with van der Waals surface area (Å²) in [5, 5.41) is 4.46. The highest BCUT2D eigenvalue weighted by molar-refractivity contribution is 9.08. The smallest absolute Gasteiger partial charge is 0.256 e. The lowest BCUT2D eigenvalue weighted by Crippen LogP contribution is -2.17. The SMILES string of the molecule is FC(F)(F)c1c(CBr)cnn1Cc1ccc(Cl)cc1. The second kappa shape index (κ2) is 5.54. The molecule has 0 aliphatic rings. The molecule has 1 aromatic carbocycles. The van der Waals surface area contributed by atoms with E-state index >= 15 is 0 Å². The molecule has 0 amide bonds. The molecule has 0 aliphatic heterocycles. The average Bonchev–Trinajstić information content (AvgIpc) is 2.75. The van der Waals surface area contributed by atoms with Crippen LogP contribution in [0.25, 0.3) is 0 Å². The molecule has 2 nitrogen and oxygen atoms in total. The predicted molar refractivity (Wildman–Crippen MR) is 70.4 cm³/mol. The summed E-state index contributed by atoms with van der Waals surface area (Å²) >= 11 is 8.77. The van der Waals surface area contributed by atoms with Gasteiger partial charge in [0.15, 0.2) is 0 Å². The molecule has 1 aromatic heterocycles. The molecule has 0 N–H and O–H groups in total. The molecule has 0 saturated heterocycles. The highest BCUT2D eigenvalue weighted by Crippen LogP contribution is 2.33. The Morgan fingerprint density at radius 3 is 2.37 bits per heavy atom. The summed E-state index contributed by atoms with van der Waals surface area (Å²) in [6.45, 7) is 0.0546. The van der Waals surface area contributed by atoms with Crippen LogP contribution in [0.5, 0.6) is 0 Å². The van der Waals surface area contributed by atoms with Gasteiger partial charge in [-0.15, -0.1) is 0 Å². The summed E-state index contributed by atoms with van der Waals surface area (Å²) in [5.41, 5.74) is 0.111. The molecular formula is C12H9BrClF3N2. The quantitative estimate of drug-likeness (QED) is 0.743. The molecule has 0 spiro atoms. The number of benzene rings is 1. The van der Waals surface area contributed by atoms with Crippen LogP contribution in [0.4, 0.5) is 13.2 Å². The summed E-state index contributed by atoms with van der Waals surface area (Å²) in [6.07, 6.45) is -3.19. The van der Waals surface area contributed by atoms with Crippen LogP contribution in [0.2, 0.25) is 5.02 Å². The molecule has 2 rings (SSSR count). The average molecular weight is 354 g/mol. The van der Waals surface area contributed by atoms with E-state index in [0.717, 1.165) is 4.68 Å². The molecule has 1 heterocycles.